The Balaban J connectivity index is 1.86. The van der Waals surface area contributed by atoms with Gasteiger partial charge in [0.1, 0.15) is 6.10 Å². The van der Waals surface area contributed by atoms with Gasteiger partial charge in [0.25, 0.3) is 0 Å². The molecule has 0 aromatic carbocycles. The molecule has 3 N–H and O–H groups in total. The second-order valence-corrected chi connectivity index (χ2v) is 6.93. The Kier molecular flexibility index (Phi) is 7.72. The fourth-order valence-electron chi connectivity index (χ4n) is 3.64. The largest absolute Gasteiger partial charge is 0.495 e. The summed E-state index contributed by atoms with van der Waals surface area (Å²) < 4.78 is 5.93. The van der Waals surface area contributed by atoms with Crippen LogP contribution in [0.5, 0.6) is 0 Å². The highest BCUT2D eigenvalue weighted by atomic mass is 16.5. The predicted molar refractivity (Wildman–Crippen MR) is 95.9 cm³/mol. The summed E-state index contributed by atoms with van der Waals surface area (Å²) in [6.07, 6.45) is 13.2. The molecule has 5 heteroatoms. The van der Waals surface area contributed by atoms with E-state index in [0.29, 0.717) is 25.7 Å². The van der Waals surface area contributed by atoms with E-state index in [4.69, 9.17) is 9.84 Å². The first kappa shape index (κ1) is 19.7. The topological polar surface area (TPSA) is 87.0 Å². The van der Waals surface area contributed by atoms with Crippen molar-refractivity contribution in [1.82, 2.24) is 0 Å². The summed E-state index contributed by atoms with van der Waals surface area (Å²) >= 11 is 0. The first-order chi connectivity index (χ1) is 12.0. The Morgan fingerprint density at radius 3 is 2.92 bits per heavy atom. The number of carboxylic acid groups (broad SMARTS) is 1. The van der Waals surface area contributed by atoms with Crippen molar-refractivity contribution >= 4 is 5.97 Å². The van der Waals surface area contributed by atoms with Crippen LogP contribution >= 0.6 is 0 Å². The number of carboxylic acids is 1. The molecule has 0 bridgehead atoms. The van der Waals surface area contributed by atoms with Crippen molar-refractivity contribution in [2.24, 2.45) is 11.8 Å². The minimum atomic E-state index is -0.775. The minimum absolute atomic E-state index is 0.000255. The van der Waals surface area contributed by atoms with Gasteiger partial charge in [-0.2, -0.15) is 0 Å². The molecule has 25 heavy (non-hydrogen) atoms. The zero-order valence-electron chi connectivity index (χ0n) is 14.9. The van der Waals surface area contributed by atoms with Crippen LogP contribution in [0.1, 0.15) is 51.9 Å². The molecule has 1 saturated carbocycles. The molecular weight excluding hydrogens is 320 g/mol. The molecule has 1 aliphatic heterocycles. The average molecular weight is 350 g/mol. The van der Waals surface area contributed by atoms with Crippen LogP contribution in [-0.4, -0.2) is 39.6 Å². The monoisotopic (exact) mass is 350 g/mol. The number of hydrogen-bond acceptors (Lipinski definition) is 4. The Morgan fingerprint density at radius 1 is 1.40 bits per heavy atom. The summed E-state index contributed by atoms with van der Waals surface area (Å²) in [5.41, 5.74) is 0. The molecule has 2 rings (SSSR count). The molecule has 5 atom stereocenters. The third-order valence-corrected chi connectivity index (χ3v) is 4.93. The van der Waals surface area contributed by atoms with Gasteiger partial charge in [-0.05, 0) is 31.8 Å². The number of rotatable bonds is 9. The van der Waals surface area contributed by atoms with Crippen molar-refractivity contribution in [3.63, 3.8) is 0 Å². The van der Waals surface area contributed by atoms with Crippen LogP contribution in [0.15, 0.2) is 36.1 Å². The summed E-state index contributed by atoms with van der Waals surface area (Å²) in [5, 5.41) is 28.9. The molecule has 1 saturated heterocycles. The highest BCUT2D eigenvalue weighted by Crippen LogP contribution is 2.45. The molecule has 1 aliphatic carbocycles. The first-order valence-electron chi connectivity index (χ1n) is 9.28. The minimum Gasteiger partial charge on any atom is -0.495 e. The summed E-state index contributed by atoms with van der Waals surface area (Å²) in [4.78, 5) is 10.5. The Hall–Kier alpha value is -1.59. The number of carbonyl (C=O) groups is 1. The van der Waals surface area contributed by atoms with Gasteiger partial charge in [0.2, 0.25) is 0 Å². The van der Waals surface area contributed by atoms with Gasteiger partial charge in [-0.1, -0.05) is 31.2 Å². The van der Waals surface area contributed by atoms with Crippen LogP contribution in [0.4, 0.5) is 0 Å². The van der Waals surface area contributed by atoms with E-state index >= 15 is 0 Å². The molecule has 4 unspecified atom stereocenters. The Labute approximate surface area is 149 Å². The molecule has 0 radical (unpaired) electrons. The van der Waals surface area contributed by atoms with Gasteiger partial charge in [-0.15, -0.1) is 0 Å². The third-order valence-electron chi connectivity index (χ3n) is 4.93. The molecule has 1 heterocycles. The first-order valence-corrected chi connectivity index (χ1v) is 9.28. The maximum absolute atomic E-state index is 10.5. The maximum atomic E-state index is 10.5. The summed E-state index contributed by atoms with van der Waals surface area (Å²) in [6.45, 7) is 2.06. The second-order valence-electron chi connectivity index (χ2n) is 6.93. The van der Waals surface area contributed by atoms with E-state index in [1.54, 1.807) is 6.08 Å². The molecule has 2 fully saturated rings. The SMILES string of the molecule is CCC=CCC(O)C=C[C@H]1C(O)CC2OC(=CCCCC(=O)O)CC21. The smallest absolute Gasteiger partial charge is 0.303 e. The number of aliphatic hydroxyl groups is 2. The number of aliphatic hydroxyl groups excluding tert-OH is 2. The van der Waals surface area contributed by atoms with Gasteiger partial charge in [0.05, 0.1) is 18.0 Å². The summed E-state index contributed by atoms with van der Waals surface area (Å²) in [6, 6.07) is 0. The number of unbranched alkanes of at least 4 members (excludes halogenated alkanes) is 1. The van der Waals surface area contributed by atoms with Gasteiger partial charge in [-0.3, -0.25) is 4.79 Å². The highest BCUT2D eigenvalue weighted by Gasteiger charge is 2.46. The second kappa shape index (κ2) is 9.78. The zero-order chi connectivity index (χ0) is 18.2. The van der Waals surface area contributed by atoms with Crippen LogP contribution in [0, 0.1) is 11.8 Å². The lowest BCUT2D eigenvalue weighted by Crippen LogP contribution is -2.17. The van der Waals surface area contributed by atoms with E-state index in [-0.39, 0.29) is 24.4 Å². The van der Waals surface area contributed by atoms with E-state index in [1.165, 1.54) is 0 Å². The summed E-state index contributed by atoms with van der Waals surface area (Å²) in [7, 11) is 0. The van der Waals surface area contributed by atoms with Crippen molar-refractivity contribution in [1.29, 1.82) is 0 Å². The predicted octanol–water partition coefficient (Wildman–Crippen LogP) is 3.18. The van der Waals surface area contributed by atoms with Crippen LogP contribution in [0.2, 0.25) is 0 Å². The molecular formula is C20H30O5. The summed E-state index contributed by atoms with van der Waals surface area (Å²) in [5.74, 6) is 0.371. The fraction of sp³-hybridized carbons (Fsp3) is 0.650. The number of aliphatic carboxylic acids is 1. The zero-order valence-corrected chi connectivity index (χ0v) is 14.9. The lowest BCUT2D eigenvalue weighted by molar-refractivity contribution is -0.137. The molecule has 0 aromatic heterocycles. The van der Waals surface area contributed by atoms with Crippen LogP contribution in [0.25, 0.3) is 0 Å². The number of ether oxygens (including phenoxy) is 1. The molecule has 5 nitrogen and oxygen atoms in total. The molecule has 0 amide bonds. The third kappa shape index (κ3) is 6.01. The Morgan fingerprint density at radius 2 is 2.20 bits per heavy atom. The lowest BCUT2D eigenvalue weighted by atomic mass is 9.90. The Bertz CT molecular complexity index is 522. The van der Waals surface area contributed by atoms with Gasteiger partial charge in [0.15, 0.2) is 0 Å². The normalized spacial score (nSPS) is 31.7. The van der Waals surface area contributed by atoms with E-state index in [2.05, 4.69) is 6.92 Å². The van der Waals surface area contributed by atoms with Gasteiger partial charge in [-0.25, -0.2) is 0 Å². The fourth-order valence-corrected chi connectivity index (χ4v) is 3.64. The molecule has 140 valence electrons. The quantitative estimate of drug-likeness (QED) is 0.439. The maximum Gasteiger partial charge on any atom is 0.303 e. The standard InChI is InChI=1S/C20H30O5/c1-2-3-4-7-14(21)10-11-16-17-12-15(8-5-6-9-20(23)24)25-19(17)13-18(16)22/h3-4,8,10-11,14,16-19,21-22H,2,5-7,9,12-13H2,1H3,(H,23,24)/t14?,16-,17?,18?,19?/m1/s1. The van der Waals surface area contributed by atoms with E-state index in [1.807, 2.05) is 24.3 Å². The van der Waals surface area contributed by atoms with E-state index < -0.39 is 18.2 Å². The number of allylic oxidation sites excluding steroid dienone is 3. The lowest BCUT2D eigenvalue weighted by Gasteiger charge is -2.15. The number of hydrogen-bond donors (Lipinski definition) is 3. The van der Waals surface area contributed by atoms with Crippen molar-refractivity contribution in [2.75, 3.05) is 0 Å². The van der Waals surface area contributed by atoms with E-state index in [9.17, 15) is 15.0 Å². The molecule has 0 spiro atoms. The van der Waals surface area contributed by atoms with Crippen LogP contribution < -0.4 is 0 Å². The van der Waals surface area contributed by atoms with Gasteiger partial charge < -0.3 is 20.1 Å². The van der Waals surface area contributed by atoms with Gasteiger partial charge >= 0.3 is 5.97 Å². The highest BCUT2D eigenvalue weighted by molar-refractivity contribution is 5.66. The van der Waals surface area contributed by atoms with Crippen LogP contribution in [-0.2, 0) is 9.53 Å². The molecule has 0 aromatic rings. The van der Waals surface area contributed by atoms with Crippen LogP contribution in [0.3, 0.4) is 0 Å². The van der Waals surface area contributed by atoms with Crippen molar-refractivity contribution in [3.8, 4) is 0 Å². The number of fused-ring (bicyclic) bond motifs is 1. The van der Waals surface area contributed by atoms with Crippen molar-refractivity contribution < 1.29 is 24.9 Å². The molecule has 2 aliphatic rings. The van der Waals surface area contributed by atoms with E-state index in [0.717, 1.165) is 18.6 Å². The van der Waals surface area contributed by atoms with Crippen molar-refractivity contribution in [3.05, 3.63) is 36.1 Å². The van der Waals surface area contributed by atoms with Gasteiger partial charge in [0, 0.05) is 31.1 Å². The average Bonchev–Trinajstić information content (AvgIpc) is 3.06. The van der Waals surface area contributed by atoms with Crippen molar-refractivity contribution in [2.45, 2.75) is 70.2 Å².